The van der Waals surface area contributed by atoms with E-state index in [1.54, 1.807) is 0 Å². The van der Waals surface area contributed by atoms with Gasteiger partial charge in [0.1, 0.15) is 0 Å². The number of para-hydroxylation sites is 3. The summed E-state index contributed by atoms with van der Waals surface area (Å²) in [5, 5.41) is 3.04. The predicted octanol–water partition coefficient (Wildman–Crippen LogP) is 6.56. The minimum absolute atomic E-state index is 0.153. The highest BCUT2D eigenvalue weighted by Crippen LogP contribution is 2.52. The van der Waals surface area contributed by atoms with E-state index in [1.807, 2.05) is 6.07 Å². The van der Waals surface area contributed by atoms with Crippen LogP contribution in [0.1, 0.15) is 25.0 Å². The second-order valence-corrected chi connectivity index (χ2v) is 9.30. The molecule has 0 radical (unpaired) electrons. The molecule has 6 rings (SSSR count). The lowest BCUT2D eigenvalue weighted by molar-refractivity contribution is 0.632. The Kier molecular flexibility index (Phi) is 4.15. The molecule has 2 heteroatoms. The normalized spacial score (nSPS) is 14.2. The summed E-state index contributed by atoms with van der Waals surface area (Å²) in [4.78, 5) is 2.39. The molecule has 0 atom stereocenters. The molecular formula is C31H26N2. The van der Waals surface area contributed by atoms with Crippen LogP contribution in [-0.2, 0) is 5.41 Å². The van der Waals surface area contributed by atoms with Crippen LogP contribution in [-0.4, -0.2) is 4.57 Å². The summed E-state index contributed by atoms with van der Waals surface area (Å²) in [7, 11) is 0. The monoisotopic (exact) mass is 426 g/mol. The Balaban J connectivity index is 1.74. The molecule has 0 aliphatic carbocycles. The fourth-order valence-corrected chi connectivity index (χ4v) is 5.32. The van der Waals surface area contributed by atoms with Crippen LogP contribution in [0.3, 0.4) is 0 Å². The van der Waals surface area contributed by atoms with E-state index in [1.165, 1.54) is 22.5 Å². The molecule has 0 fully saturated rings. The SMILES string of the molecule is C=c1c(=C)n(-c2ccccc2)c2cc3c(cc12)N(c1ccccc1)c1ccccc1C3(C)C. The lowest BCUT2D eigenvalue weighted by Crippen LogP contribution is -2.30. The van der Waals surface area contributed by atoms with E-state index in [0.29, 0.717) is 0 Å². The first kappa shape index (κ1) is 19.6. The number of anilines is 3. The van der Waals surface area contributed by atoms with Crippen LogP contribution in [0.2, 0.25) is 0 Å². The fraction of sp³-hybridized carbons (Fsp3) is 0.0968. The van der Waals surface area contributed by atoms with Gasteiger partial charge in [-0.2, -0.15) is 0 Å². The van der Waals surface area contributed by atoms with E-state index in [4.69, 9.17) is 0 Å². The molecule has 0 amide bonds. The zero-order valence-electron chi connectivity index (χ0n) is 19.0. The summed E-state index contributed by atoms with van der Waals surface area (Å²) in [6, 6.07) is 34.5. The number of nitrogens with zero attached hydrogens (tertiary/aromatic N) is 2. The van der Waals surface area contributed by atoms with Gasteiger partial charge in [0.05, 0.1) is 16.9 Å². The van der Waals surface area contributed by atoms with Gasteiger partial charge in [0.2, 0.25) is 0 Å². The Morgan fingerprint density at radius 1 is 0.636 bits per heavy atom. The number of rotatable bonds is 2. The Hall–Kier alpha value is -4.04. The van der Waals surface area contributed by atoms with E-state index < -0.39 is 0 Å². The second-order valence-electron chi connectivity index (χ2n) is 9.30. The van der Waals surface area contributed by atoms with Crippen LogP contribution in [0.25, 0.3) is 29.7 Å². The van der Waals surface area contributed by atoms with Crippen molar-refractivity contribution in [2.24, 2.45) is 0 Å². The molecule has 0 saturated heterocycles. The number of benzene rings is 4. The van der Waals surface area contributed by atoms with Crippen molar-refractivity contribution in [2.75, 3.05) is 4.90 Å². The van der Waals surface area contributed by atoms with Crippen LogP contribution in [0.4, 0.5) is 17.1 Å². The topological polar surface area (TPSA) is 8.17 Å². The smallest absolute Gasteiger partial charge is 0.0545 e. The summed E-state index contributed by atoms with van der Waals surface area (Å²) in [5.41, 5.74) is 8.31. The average Bonchev–Trinajstić information content (AvgIpc) is 3.09. The van der Waals surface area contributed by atoms with Crippen molar-refractivity contribution >= 4 is 41.1 Å². The molecular weight excluding hydrogens is 400 g/mol. The van der Waals surface area contributed by atoms with Crippen molar-refractivity contribution in [3.63, 3.8) is 0 Å². The van der Waals surface area contributed by atoms with Crippen LogP contribution in [0.5, 0.6) is 0 Å². The van der Waals surface area contributed by atoms with E-state index >= 15 is 0 Å². The van der Waals surface area contributed by atoms with Crippen LogP contribution < -0.4 is 15.5 Å². The van der Waals surface area contributed by atoms with Gasteiger partial charge < -0.3 is 9.47 Å². The third kappa shape index (κ3) is 2.74. The number of hydrogen-bond acceptors (Lipinski definition) is 1. The van der Waals surface area contributed by atoms with Crippen molar-refractivity contribution in [2.45, 2.75) is 19.3 Å². The van der Waals surface area contributed by atoms with Crippen molar-refractivity contribution in [3.8, 4) is 5.69 Å². The van der Waals surface area contributed by atoms with Gasteiger partial charge in [0, 0.05) is 32.7 Å². The summed E-state index contributed by atoms with van der Waals surface area (Å²) in [5.74, 6) is 0. The summed E-state index contributed by atoms with van der Waals surface area (Å²) >= 11 is 0. The van der Waals surface area contributed by atoms with Crippen LogP contribution in [0, 0.1) is 0 Å². The van der Waals surface area contributed by atoms with Crippen LogP contribution in [0.15, 0.2) is 97.1 Å². The predicted molar refractivity (Wildman–Crippen MR) is 140 cm³/mol. The molecule has 33 heavy (non-hydrogen) atoms. The Bertz CT molecular complexity index is 1610. The highest BCUT2D eigenvalue weighted by Gasteiger charge is 2.37. The molecule has 1 aromatic heterocycles. The minimum atomic E-state index is -0.153. The third-order valence-corrected chi connectivity index (χ3v) is 7.06. The van der Waals surface area contributed by atoms with Gasteiger partial charge in [0.15, 0.2) is 0 Å². The maximum atomic E-state index is 4.42. The second kappa shape index (κ2) is 6.98. The average molecular weight is 427 g/mol. The molecule has 1 aliphatic rings. The van der Waals surface area contributed by atoms with Gasteiger partial charge >= 0.3 is 0 Å². The third-order valence-electron chi connectivity index (χ3n) is 7.06. The fourth-order valence-electron chi connectivity index (χ4n) is 5.32. The van der Waals surface area contributed by atoms with Crippen molar-refractivity contribution in [3.05, 3.63) is 119 Å². The molecule has 5 aromatic rings. The molecule has 0 bridgehead atoms. The van der Waals surface area contributed by atoms with Gasteiger partial charge in [-0.05, 0) is 53.6 Å². The lowest BCUT2D eigenvalue weighted by Gasteiger charge is -2.42. The lowest BCUT2D eigenvalue weighted by atomic mass is 9.73. The zero-order chi connectivity index (χ0) is 22.7. The summed E-state index contributed by atoms with van der Waals surface area (Å²) in [6.45, 7) is 13.5. The Morgan fingerprint density at radius 2 is 1.24 bits per heavy atom. The molecule has 0 spiro atoms. The Labute approximate surface area is 194 Å². The highest BCUT2D eigenvalue weighted by atomic mass is 15.2. The van der Waals surface area contributed by atoms with Crippen LogP contribution >= 0.6 is 0 Å². The van der Waals surface area contributed by atoms with Gasteiger partial charge in [-0.3, -0.25) is 0 Å². The summed E-state index contributed by atoms with van der Waals surface area (Å²) in [6.07, 6.45) is 0. The molecule has 4 aromatic carbocycles. The van der Waals surface area contributed by atoms with Gasteiger partial charge in [0.25, 0.3) is 0 Å². The zero-order valence-corrected chi connectivity index (χ0v) is 19.0. The first-order valence-electron chi connectivity index (χ1n) is 11.4. The first-order valence-corrected chi connectivity index (χ1v) is 11.4. The quantitative estimate of drug-likeness (QED) is 0.310. The number of fused-ring (bicyclic) bond motifs is 3. The minimum Gasteiger partial charge on any atom is -0.310 e. The van der Waals surface area contributed by atoms with E-state index in [0.717, 1.165) is 32.8 Å². The first-order chi connectivity index (χ1) is 16.0. The summed E-state index contributed by atoms with van der Waals surface area (Å²) < 4.78 is 2.24. The largest absolute Gasteiger partial charge is 0.310 e. The Morgan fingerprint density at radius 3 is 1.94 bits per heavy atom. The standard InChI is InChI=1S/C31H26N2/c1-21-22(2)32(23-13-7-5-8-14-23)29-20-27-30(19-25(21)29)33(24-15-9-6-10-16-24)28-18-12-11-17-26(28)31(27,3)4/h5-20H,1-2H2,3-4H3. The maximum Gasteiger partial charge on any atom is 0.0545 e. The van der Waals surface area contributed by atoms with Crippen molar-refractivity contribution in [1.29, 1.82) is 0 Å². The molecule has 0 N–H and O–H groups in total. The maximum absolute atomic E-state index is 4.42. The van der Waals surface area contributed by atoms with Gasteiger partial charge in [-0.25, -0.2) is 0 Å². The van der Waals surface area contributed by atoms with Crippen molar-refractivity contribution in [1.82, 2.24) is 4.57 Å². The molecule has 160 valence electrons. The van der Waals surface area contributed by atoms with Gasteiger partial charge in [-0.1, -0.05) is 81.6 Å². The van der Waals surface area contributed by atoms with E-state index in [9.17, 15) is 0 Å². The highest BCUT2D eigenvalue weighted by molar-refractivity contribution is 5.94. The van der Waals surface area contributed by atoms with E-state index in [-0.39, 0.29) is 5.41 Å². The molecule has 1 aliphatic heterocycles. The van der Waals surface area contributed by atoms with Crippen molar-refractivity contribution < 1.29 is 0 Å². The molecule has 0 unspecified atom stereocenters. The van der Waals surface area contributed by atoms with Gasteiger partial charge in [-0.15, -0.1) is 0 Å². The van der Waals surface area contributed by atoms with E-state index in [2.05, 4.69) is 127 Å². The molecule has 0 saturated carbocycles. The molecule has 2 heterocycles. The molecule has 2 nitrogen and oxygen atoms in total. The number of hydrogen-bond donors (Lipinski definition) is 0. The number of aromatic nitrogens is 1.